The van der Waals surface area contributed by atoms with Crippen molar-refractivity contribution >= 4 is 0 Å². The lowest BCUT2D eigenvalue weighted by molar-refractivity contribution is 0.324. The molecule has 0 unspecified atom stereocenters. The molecule has 0 bridgehead atoms. The summed E-state index contributed by atoms with van der Waals surface area (Å²) < 4.78 is 16.4. The standard InChI is InChI=1S/C21H23NO3/c1-5-14-6-8-15(9-7-14)17-12-22-13-18(17)16-10-19(23-2)21(25-4)20(11-16)24-3/h6-13,22H,5H2,1-4H3. The lowest BCUT2D eigenvalue weighted by Crippen LogP contribution is -1.95. The van der Waals surface area contributed by atoms with Gasteiger partial charge in [0.15, 0.2) is 11.5 Å². The Morgan fingerprint density at radius 1 is 0.760 bits per heavy atom. The molecule has 0 saturated heterocycles. The summed E-state index contributed by atoms with van der Waals surface area (Å²) in [7, 11) is 4.86. The highest BCUT2D eigenvalue weighted by molar-refractivity contribution is 5.85. The Morgan fingerprint density at radius 3 is 1.80 bits per heavy atom. The van der Waals surface area contributed by atoms with Gasteiger partial charge in [-0.25, -0.2) is 0 Å². The second kappa shape index (κ2) is 7.34. The third-order valence-electron chi connectivity index (χ3n) is 4.39. The number of aromatic nitrogens is 1. The van der Waals surface area contributed by atoms with Gasteiger partial charge in [-0.15, -0.1) is 0 Å². The van der Waals surface area contributed by atoms with Gasteiger partial charge in [-0.1, -0.05) is 31.2 Å². The Bertz CT molecular complexity index is 825. The van der Waals surface area contributed by atoms with Crippen molar-refractivity contribution in [3.63, 3.8) is 0 Å². The van der Waals surface area contributed by atoms with Gasteiger partial charge >= 0.3 is 0 Å². The van der Waals surface area contributed by atoms with Crippen LogP contribution in [0.4, 0.5) is 0 Å². The van der Waals surface area contributed by atoms with Crippen molar-refractivity contribution in [3.05, 3.63) is 54.4 Å². The highest BCUT2D eigenvalue weighted by atomic mass is 16.5. The van der Waals surface area contributed by atoms with E-state index in [1.54, 1.807) is 21.3 Å². The van der Waals surface area contributed by atoms with Crippen LogP contribution in [0.5, 0.6) is 17.2 Å². The lowest BCUT2D eigenvalue weighted by atomic mass is 9.97. The molecular formula is C21H23NO3. The van der Waals surface area contributed by atoms with Crippen molar-refractivity contribution in [2.75, 3.05) is 21.3 Å². The van der Waals surface area contributed by atoms with Crippen molar-refractivity contribution in [2.45, 2.75) is 13.3 Å². The molecule has 4 heteroatoms. The van der Waals surface area contributed by atoms with E-state index in [0.29, 0.717) is 17.2 Å². The van der Waals surface area contributed by atoms with Crippen LogP contribution in [0.3, 0.4) is 0 Å². The average molecular weight is 337 g/mol. The van der Waals surface area contributed by atoms with Gasteiger partial charge in [0.1, 0.15) is 0 Å². The van der Waals surface area contributed by atoms with Gasteiger partial charge in [0.25, 0.3) is 0 Å². The summed E-state index contributed by atoms with van der Waals surface area (Å²) in [5, 5.41) is 0. The largest absolute Gasteiger partial charge is 0.493 e. The SMILES string of the molecule is CCc1ccc(-c2c[nH]cc2-c2cc(OC)c(OC)c(OC)c2)cc1. The maximum absolute atomic E-state index is 5.48. The van der Waals surface area contributed by atoms with Crippen molar-refractivity contribution in [1.29, 1.82) is 0 Å². The molecule has 0 atom stereocenters. The molecule has 3 aromatic rings. The van der Waals surface area contributed by atoms with E-state index >= 15 is 0 Å². The third kappa shape index (κ3) is 3.20. The predicted molar refractivity (Wildman–Crippen MR) is 101 cm³/mol. The fourth-order valence-electron chi connectivity index (χ4n) is 3.00. The topological polar surface area (TPSA) is 43.5 Å². The summed E-state index contributed by atoms with van der Waals surface area (Å²) in [6, 6.07) is 12.6. The van der Waals surface area contributed by atoms with Crippen LogP contribution in [0.2, 0.25) is 0 Å². The summed E-state index contributed by atoms with van der Waals surface area (Å²) in [5.41, 5.74) is 5.72. The molecule has 4 nitrogen and oxygen atoms in total. The number of H-pyrrole nitrogens is 1. The zero-order chi connectivity index (χ0) is 17.8. The van der Waals surface area contributed by atoms with Crippen LogP contribution in [-0.2, 0) is 6.42 Å². The van der Waals surface area contributed by atoms with E-state index in [-0.39, 0.29) is 0 Å². The number of aryl methyl sites for hydroxylation is 1. The number of ether oxygens (including phenoxy) is 3. The number of methoxy groups -OCH3 is 3. The van der Waals surface area contributed by atoms with Crippen molar-refractivity contribution in [2.24, 2.45) is 0 Å². The number of nitrogens with one attached hydrogen (secondary N) is 1. The third-order valence-corrected chi connectivity index (χ3v) is 4.39. The second-order valence-electron chi connectivity index (χ2n) is 5.75. The van der Waals surface area contributed by atoms with Gasteiger partial charge in [-0.05, 0) is 35.2 Å². The summed E-state index contributed by atoms with van der Waals surface area (Å²) in [6.45, 7) is 2.16. The summed E-state index contributed by atoms with van der Waals surface area (Å²) in [5.74, 6) is 1.88. The monoisotopic (exact) mass is 337 g/mol. The number of hydrogen-bond acceptors (Lipinski definition) is 3. The number of rotatable bonds is 6. The van der Waals surface area contributed by atoms with E-state index in [2.05, 4.69) is 36.2 Å². The van der Waals surface area contributed by atoms with E-state index in [1.807, 2.05) is 24.5 Å². The van der Waals surface area contributed by atoms with Gasteiger partial charge in [-0.2, -0.15) is 0 Å². The minimum absolute atomic E-state index is 0.595. The van der Waals surface area contributed by atoms with Gasteiger partial charge in [0, 0.05) is 23.5 Å². The Balaban J connectivity index is 2.10. The van der Waals surface area contributed by atoms with Gasteiger partial charge < -0.3 is 19.2 Å². The molecule has 0 aliphatic rings. The number of aromatic amines is 1. The highest BCUT2D eigenvalue weighted by Crippen LogP contribution is 2.43. The number of benzene rings is 2. The molecule has 1 aromatic heterocycles. The Hall–Kier alpha value is -2.88. The van der Waals surface area contributed by atoms with Gasteiger partial charge in [0.05, 0.1) is 21.3 Å². The molecule has 0 saturated carbocycles. The van der Waals surface area contributed by atoms with Gasteiger partial charge in [-0.3, -0.25) is 0 Å². The average Bonchev–Trinajstić information content (AvgIpc) is 3.16. The van der Waals surface area contributed by atoms with Crippen molar-refractivity contribution in [1.82, 2.24) is 4.98 Å². The molecule has 0 spiro atoms. The quantitative estimate of drug-likeness (QED) is 0.693. The van der Waals surface area contributed by atoms with E-state index in [9.17, 15) is 0 Å². The molecule has 0 amide bonds. The molecule has 25 heavy (non-hydrogen) atoms. The van der Waals surface area contributed by atoms with Crippen LogP contribution < -0.4 is 14.2 Å². The molecule has 0 fully saturated rings. The lowest BCUT2D eigenvalue weighted by Gasteiger charge is -2.14. The minimum Gasteiger partial charge on any atom is -0.493 e. The Labute approximate surface area is 148 Å². The fourth-order valence-corrected chi connectivity index (χ4v) is 3.00. The highest BCUT2D eigenvalue weighted by Gasteiger charge is 2.16. The zero-order valence-electron chi connectivity index (χ0n) is 15.1. The molecule has 0 aliphatic heterocycles. The molecule has 1 heterocycles. The van der Waals surface area contributed by atoms with E-state index in [1.165, 1.54) is 11.1 Å². The normalized spacial score (nSPS) is 10.6. The van der Waals surface area contributed by atoms with E-state index in [4.69, 9.17) is 14.2 Å². The first kappa shape index (κ1) is 17.0. The summed E-state index contributed by atoms with van der Waals surface area (Å²) in [4.78, 5) is 3.21. The van der Waals surface area contributed by atoms with E-state index in [0.717, 1.165) is 23.1 Å². The molecule has 3 rings (SSSR count). The molecule has 130 valence electrons. The minimum atomic E-state index is 0.595. The zero-order valence-corrected chi connectivity index (χ0v) is 15.1. The second-order valence-corrected chi connectivity index (χ2v) is 5.75. The van der Waals surface area contributed by atoms with Crippen LogP contribution >= 0.6 is 0 Å². The van der Waals surface area contributed by atoms with Crippen LogP contribution in [0.1, 0.15) is 12.5 Å². The molecule has 0 radical (unpaired) electrons. The summed E-state index contributed by atoms with van der Waals surface area (Å²) in [6.07, 6.45) is 5.04. The first-order chi connectivity index (χ1) is 12.2. The molecular weight excluding hydrogens is 314 g/mol. The maximum atomic E-state index is 5.48. The van der Waals surface area contributed by atoms with Crippen LogP contribution in [0.25, 0.3) is 22.3 Å². The van der Waals surface area contributed by atoms with Gasteiger partial charge in [0.2, 0.25) is 5.75 Å². The smallest absolute Gasteiger partial charge is 0.203 e. The van der Waals surface area contributed by atoms with Crippen LogP contribution in [0, 0.1) is 0 Å². The molecule has 1 N–H and O–H groups in total. The van der Waals surface area contributed by atoms with Crippen LogP contribution in [0.15, 0.2) is 48.8 Å². The fraction of sp³-hybridized carbons (Fsp3) is 0.238. The van der Waals surface area contributed by atoms with Crippen LogP contribution in [-0.4, -0.2) is 26.3 Å². The van der Waals surface area contributed by atoms with E-state index < -0.39 is 0 Å². The molecule has 2 aromatic carbocycles. The van der Waals surface area contributed by atoms with Crippen molar-refractivity contribution < 1.29 is 14.2 Å². The Morgan fingerprint density at radius 2 is 1.32 bits per heavy atom. The predicted octanol–water partition coefficient (Wildman–Crippen LogP) is 4.94. The maximum Gasteiger partial charge on any atom is 0.203 e. The first-order valence-corrected chi connectivity index (χ1v) is 8.28. The van der Waals surface area contributed by atoms with Crippen molar-refractivity contribution in [3.8, 4) is 39.5 Å². The number of hydrogen-bond donors (Lipinski definition) is 1. The Kier molecular flexibility index (Phi) is 4.98. The first-order valence-electron chi connectivity index (χ1n) is 8.28. The summed E-state index contributed by atoms with van der Waals surface area (Å²) >= 11 is 0. The molecule has 0 aliphatic carbocycles.